The smallest absolute Gasteiger partial charge is 0.290 e. The molecule has 0 fully saturated rings. The number of halogens is 2. The van der Waals surface area contributed by atoms with Crippen molar-refractivity contribution in [3.63, 3.8) is 0 Å². The number of carbonyl (C=O) groups excluding carboxylic acids is 1. The predicted octanol–water partition coefficient (Wildman–Crippen LogP) is 6.94. The van der Waals surface area contributed by atoms with Gasteiger partial charge in [0.25, 0.3) is 5.92 Å². The Morgan fingerprint density at radius 1 is 1.03 bits per heavy atom. The van der Waals surface area contributed by atoms with E-state index in [1.807, 2.05) is 36.6 Å². The van der Waals surface area contributed by atoms with Crippen molar-refractivity contribution >= 4 is 35.8 Å². The van der Waals surface area contributed by atoms with Crippen LogP contribution < -0.4 is 10.0 Å². The van der Waals surface area contributed by atoms with Crippen LogP contribution in [0.4, 0.5) is 14.5 Å². The fourth-order valence-corrected chi connectivity index (χ4v) is 4.58. The van der Waals surface area contributed by atoms with Gasteiger partial charge in [-0.05, 0) is 35.9 Å². The summed E-state index contributed by atoms with van der Waals surface area (Å²) in [4.78, 5) is 11.5. The second kappa shape index (κ2) is 12.8. The largest absolute Gasteiger partial charge is 0.352 e. The number of benzene rings is 2. The number of unbranched alkanes of at least 4 members (excludes halogenated alkanes) is 4. The highest BCUT2D eigenvalue weighted by Crippen LogP contribution is 2.41. The standard InChI is InChI=1S/C23H30F2N2OS2/c1-3-4-5-6-9-14-30-18-12-13-19(20-10-7-8-11-22(20)27-29-2)21(15-18)23(24,25)16-26-17-28/h7-8,10-13,15,17,27H,3-6,9,14,16H2,1-2H3,(H,26,28). The molecule has 2 rings (SSSR count). The lowest BCUT2D eigenvalue weighted by molar-refractivity contribution is -0.111. The first kappa shape index (κ1) is 24.5. The van der Waals surface area contributed by atoms with E-state index in [-0.39, 0.29) is 5.56 Å². The molecule has 0 aliphatic rings. The van der Waals surface area contributed by atoms with Gasteiger partial charge in [0.1, 0.15) is 0 Å². The molecule has 164 valence electrons. The number of rotatable bonds is 14. The molecule has 0 radical (unpaired) electrons. The molecule has 7 heteroatoms. The zero-order valence-electron chi connectivity index (χ0n) is 17.5. The van der Waals surface area contributed by atoms with E-state index in [2.05, 4.69) is 17.0 Å². The van der Waals surface area contributed by atoms with Crippen LogP contribution in [0.2, 0.25) is 0 Å². The number of carbonyl (C=O) groups is 1. The molecule has 2 aromatic rings. The van der Waals surface area contributed by atoms with Crippen molar-refractivity contribution in [2.75, 3.05) is 23.3 Å². The van der Waals surface area contributed by atoms with Crippen molar-refractivity contribution in [2.24, 2.45) is 0 Å². The summed E-state index contributed by atoms with van der Waals surface area (Å²) in [6.07, 6.45) is 8.10. The quantitative estimate of drug-likeness (QED) is 0.141. The van der Waals surface area contributed by atoms with E-state index < -0.39 is 12.5 Å². The average Bonchev–Trinajstić information content (AvgIpc) is 2.75. The summed E-state index contributed by atoms with van der Waals surface area (Å²) in [5, 5.41) is 2.14. The maximum absolute atomic E-state index is 15.1. The summed E-state index contributed by atoms with van der Waals surface area (Å²) < 4.78 is 33.3. The molecule has 0 saturated carbocycles. The number of alkyl halides is 2. The lowest BCUT2D eigenvalue weighted by Gasteiger charge is -2.22. The van der Waals surface area contributed by atoms with Gasteiger partial charge in [0, 0.05) is 22.3 Å². The Labute approximate surface area is 186 Å². The van der Waals surface area contributed by atoms with E-state index in [1.54, 1.807) is 23.9 Å². The van der Waals surface area contributed by atoms with E-state index in [0.29, 0.717) is 17.5 Å². The first-order valence-electron chi connectivity index (χ1n) is 10.2. The van der Waals surface area contributed by atoms with Gasteiger partial charge in [-0.25, -0.2) is 0 Å². The highest BCUT2D eigenvalue weighted by molar-refractivity contribution is 7.99. The molecular formula is C23H30F2N2OS2. The topological polar surface area (TPSA) is 41.1 Å². The van der Waals surface area contributed by atoms with Crippen LogP contribution in [0, 0.1) is 0 Å². The van der Waals surface area contributed by atoms with Gasteiger partial charge in [0.05, 0.1) is 12.2 Å². The lowest BCUT2D eigenvalue weighted by atomic mass is 9.94. The summed E-state index contributed by atoms with van der Waals surface area (Å²) in [7, 11) is 0. The SMILES string of the molecule is CCCCCCCSc1ccc(-c2ccccc2NSC)c(C(F)(F)CNC=O)c1. The van der Waals surface area contributed by atoms with Crippen molar-refractivity contribution in [3.8, 4) is 11.1 Å². The number of anilines is 1. The Kier molecular flexibility index (Phi) is 10.5. The summed E-state index contributed by atoms with van der Waals surface area (Å²) >= 11 is 3.02. The van der Waals surface area contributed by atoms with E-state index in [1.165, 1.54) is 37.6 Å². The molecule has 0 atom stereocenters. The van der Waals surface area contributed by atoms with Crippen molar-refractivity contribution < 1.29 is 13.6 Å². The molecule has 30 heavy (non-hydrogen) atoms. The van der Waals surface area contributed by atoms with Crippen molar-refractivity contribution in [3.05, 3.63) is 48.0 Å². The molecule has 0 unspecified atom stereocenters. The molecule has 0 bridgehead atoms. The third kappa shape index (κ3) is 7.20. The number of amides is 1. The van der Waals surface area contributed by atoms with Crippen LogP contribution in [0.25, 0.3) is 11.1 Å². The normalized spacial score (nSPS) is 11.3. The van der Waals surface area contributed by atoms with Gasteiger partial charge in [-0.15, -0.1) is 11.8 Å². The Balaban J connectivity index is 2.32. The van der Waals surface area contributed by atoms with E-state index in [9.17, 15) is 4.79 Å². The Morgan fingerprint density at radius 3 is 2.53 bits per heavy atom. The van der Waals surface area contributed by atoms with Gasteiger partial charge in [-0.3, -0.25) is 4.79 Å². The van der Waals surface area contributed by atoms with Crippen LogP contribution in [0.5, 0.6) is 0 Å². The second-order valence-corrected chi connectivity index (χ2v) is 8.81. The zero-order chi connectivity index (χ0) is 21.8. The Bertz CT molecular complexity index is 803. The van der Waals surface area contributed by atoms with Crippen LogP contribution in [-0.4, -0.2) is 25.0 Å². The predicted molar refractivity (Wildman–Crippen MR) is 126 cm³/mol. The third-order valence-corrected chi connectivity index (χ3v) is 6.24. The highest BCUT2D eigenvalue weighted by atomic mass is 32.2. The van der Waals surface area contributed by atoms with Crippen LogP contribution in [-0.2, 0) is 10.7 Å². The van der Waals surface area contributed by atoms with Crippen molar-refractivity contribution in [1.29, 1.82) is 0 Å². The van der Waals surface area contributed by atoms with Crippen LogP contribution in [0.15, 0.2) is 47.4 Å². The molecule has 0 aliphatic heterocycles. The Hall–Kier alpha value is -1.73. The second-order valence-electron chi connectivity index (χ2n) is 7.03. The molecular weight excluding hydrogens is 422 g/mol. The molecule has 3 nitrogen and oxygen atoms in total. The molecule has 0 aromatic heterocycles. The maximum Gasteiger partial charge on any atom is 0.290 e. The van der Waals surface area contributed by atoms with Gasteiger partial charge in [0.15, 0.2) is 0 Å². The van der Waals surface area contributed by atoms with Gasteiger partial charge >= 0.3 is 0 Å². The number of para-hydroxylation sites is 1. The molecule has 0 heterocycles. The van der Waals surface area contributed by atoms with Gasteiger partial charge in [-0.1, -0.05) is 68.8 Å². The van der Waals surface area contributed by atoms with Gasteiger partial charge in [0.2, 0.25) is 6.41 Å². The fraction of sp³-hybridized carbons (Fsp3) is 0.435. The maximum atomic E-state index is 15.1. The molecule has 0 spiro atoms. The summed E-state index contributed by atoms with van der Waals surface area (Å²) in [6.45, 7) is 1.46. The van der Waals surface area contributed by atoms with Crippen molar-refractivity contribution in [1.82, 2.24) is 5.32 Å². The summed E-state index contributed by atoms with van der Waals surface area (Å²) in [5.41, 5.74) is 1.89. The highest BCUT2D eigenvalue weighted by Gasteiger charge is 2.34. The fourth-order valence-electron chi connectivity index (χ4n) is 3.23. The first-order chi connectivity index (χ1) is 14.5. The number of nitrogens with one attached hydrogen (secondary N) is 2. The van der Waals surface area contributed by atoms with Crippen molar-refractivity contribution in [2.45, 2.75) is 49.8 Å². The minimum Gasteiger partial charge on any atom is -0.352 e. The molecule has 1 amide bonds. The number of hydrogen-bond donors (Lipinski definition) is 2. The van der Waals surface area contributed by atoms with E-state index in [0.717, 1.165) is 22.8 Å². The van der Waals surface area contributed by atoms with E-state index in [4.69, 9.17) is 0 Å². The molecule has 0 saturated heterocycles. The van der Waals surface area contributed by atoms with Crippen LogP contribution in [0.3, 0.4) is 0 Å². The minimum absolute atomic E-state index is 0.0665. The molecule has 0 aliphatic carbocycles. The van der Waals surface area contributed by atoms with E-state index >= 15 is 8.78 Å². The Morgan fingerprint density at radius 2 is 1.80 bits per heavy atom. The zero-order valence-corrected chi connectivity index (χ0v) is 19.2. The summed E-state index contributed by atoms with van der Waals surface area (Å²) in [6, 6.07) is 12.7. The number of hydrogen-bond acceptors (Lipinski definition) is 4. The summed E-state index contributed by atoms with van der Waals surface area (Å²) in [5.74, 6) is -2.27. The lowest BCUT2D eigenvalue weighted by Crippen LogP contribution is -2.30. The van der Waals surface area contributed by atoms with Gasteiger partial charge in [-0.2, -0.15) is 8.78 Å². The van der Waals surface area contributed by atoms with Gasteiger partial charge < -0.3 is 10.0 Å². The van der Waals surface area contributed by atoms with Crippen LogP contribution in [0.1, 0.15) is 44.6 Å². The monoisotopic (exact) mass is 452 g/mol. The minimum atomic E-state index is -3.18. The number of thioether (sulfide) groups is 1. The third-order valence-electron chi connectivity index (χ3n) is 4.74. The average molecular weight is 453 g/mol. The van der Waals surface area contributed by atoms with Crippen LogP contribution >= 0.6 is 23.7 Å². The first-order valence-corrected chi connectivity index (χ1v) is 12.4. The molecule has 2 aromatic carbocycles. The molecule has 2 N–H and O–H groups in total.